The zero-order valence-corrected chi connectivity index (χ0v) is 9.75. The first kappa shape index (κ1) is 11.4. The predicted molar refractivity (Wildman–Crippen MR) is 64.9 cm³/mol. The van der Waals surface area contributed by atoms with Crippen LogP contribution in [0.25, 0.3) is 0 Å². The van der Waals surface area contributed by atoms with Gasteiger partial charge < -0.3 is 10.6 Å². The van der Waals surface area contributed by atoms with E-state index < -0.39 is 0 Å². The maximum Gasteiger partial charge on any atom is 0.123 e. The second-order valence-corrected chi connectivity index (χ2v) is 4.65. The zero-order valence-electron chi connectivity index (χ0n) is 9.75. The first-order valence-corrected chi connectivity index (χ1v) is 5.94. The van der Waals surface area contributed by atoms with E-state index in [-0.39, 0.29) is 5.82 Å². The Labute approximate surface area is 96.2 Å². The normalized spacial score (nSPS) is 17.8. The van der Waals surface area contributed by atoms with E-state index in [1.165, 1.54) is 18.9 Å². The Hall–Kier alpha value is -1.09. The summed E-state index contributed by atoms with van der Waals surface area (Å²) >= 11 is 0. The van der Waals surface area contributed by atoms with Gasteiger partial charge in [-0.25, -0.2) is 4.39 Å². The van der Waals surface area contributed by atoms with Gasteiger partial charge in [-0.05, 0) is 42.5 Å². The second-order valence-electron chi connectivity index (χ2n) is 4.65. The standard InChI is InChI=1S/C13H19FN2/c1-10-4-6-16(7-5-10)13-3-2-12(14)8-11(13)9-15/h2-3,8,10H,4-7,9,15H2,1H3. The van der Waals surface area contributed by atoms with Crippen molar-refractivity contribution < 1.29 is 4.39 Å². The van der Waals surface area contributed by atoms with Crippen molar-refractivity contribution >= 4 is 5.69 Å². The van der Waals surface area contributed by atoms with Crippen LogP contribution in [0.5, 0.6) is 0 Å². The van der Waals surface area contributed by atoms with Gasteiger partial charge in [0.25, 0.3) is 0 Å². The number of hydrogen-bond acceptors (Lipinski definition) is 2. The van der Waals surface area contributed by atoms with Crippen LogP contribution < -0.4 is 10.6 Å². The Kier molecular flexibility index (Phi) is 3.44. The molecule has 1 aliphatic heterocycles. The van der Waals surface area contributed by atoms with Crippen LogP contribution in [0.3, 0.4) is 0 Å². The van der Waals surface area contributed by atoms with Crippen LogP contribution in [0.2, 0.25) is 0 Å². The molecule has 1 heterocycles. The SMILES string of the molecule is CC1CCN(c2ccc(F)cc2CN)CC1. The van der Waals surface area contributed by atoms with E-state index in [0.717, 1.165) is 30.3 Å². The van der Waals surface area contributed by atoms with Gasteiger partial charge in [-0.3, -0.25) is 0 Å². The van der Waals surface area contributed by atoms with E-state index in [2.05, 4.69) is 11.8 Å². The number of anilines is 1. The van der Waals surface area contributed by atoms with Crippen LogP contribution in [-0.2, 0) is 6.54 Å². The number of benzene rings is 1. The van der Waals surface area contributed by atoms with Crippen LogP contribution in [0.15, 0.2) is 18.2 Å². The molecule has 0 unspecified atom stereocenters. The van der Waals surface area contributed by atoms with Crippen molar-refractivity contribution in [3.63, 3.8) is 0 Å². The predicted octanol–water partition coefficient (Wildman–Crippen LogP) is 2.52. The summed E-state index contributed by atoms with van der Waals surface area (Å²) in [5, 5.41) is 0. The third kappa shape index (κ3) is 2.35. The fourth-order valence-electron chi connectivity index (χ4n) is 2.28. The maximum atomic E-state index is 13.1. The molecule has 0 saturated carbocycles. The Morgan fingerprint density at radius 2 is 2.06 bits per heavy atom. The average molecular weight is 222 g/mol. The summed E-state index contributed by atoms with van der Waals surface area (Å²) in [5.74, 6) is 0.604. The lowest BCUT2D eigenvalue weighted by Crippen LogP contribution is -2.33. The van der Waals surface area contributed by atoms with Gasteiger partial charge in [-0.2, -0.15) is 0 Å². The molecule has 1 aromatic carbocycles. The molecule has 1 aliphatic rings. The smallest absolute Gasteiger partial charge is 0.123 e. The largest absolute Gasteiger partial charge is 0.371 e. The summed E-state index contributed by atoms with van der Waals surface area (Å²) in [6.45, 7) is 4.80. The van der Waals surface area contributed by atoms with Crippen molar-refractivity contribution in [3.8, 4) is 0 Å². The number of rotatable bonds is 2. The molecule has 0 radical (unpaired) electrons. The van der Waals surface area contributed by atoms with E-state index in [1.807, 2.05) is 6.07 Å². The Balaban J connectivity index is 2.19. The number of nitrogens with two attached hydrogens (primary N) is 1. The first-order valence-electron chi connectivity index (χ1n) is 5.94. The van der Waals surface area contributed by atoms with Gasteiger partial charge in [0.1, 0.15) is 5.82 Å². The van der Waals surface area contributed by atoms with E-state index in [9.17, 15) is 4.39 Å². The summed E-state index contributed by atoms with van der Waals surface area (Å²) in [6, 6.07) is 4.92. The minimum Gasteiger partial charge on any atom is -0.371 e. The molecule has 0 aliphatic carbocycles. The lowest BCUT2D eigenvalue weighted by Gasteiger charge is -2.33. The zero-order chi connectivity index (χ0) is 11.5. The third-order valence-corrected chi connectivity index (χ3v) is 3.39. The van der Waals surface area contributed by atoms with Crippen LogP contribution >= 0.6 is 0 Å². The van der Waals surface area contributed by atoms with Gasteiger partial charge in [-0.1, -0.05) is 6.92 Å². The van der Waals surface area contributed by atoms with E-state index >= 15 is 0 Å². The summed E-state index contributed by atoms with van der Waals surface area (Å²) in [4.78, 5) is 2.32. The molecule has 3 heteroatoms. The molecule has 1 fully saturated rings. The van der Waals surface area contributed by atoms with Crippen LogP contribution in [-0.4, -0.2) is 13.1 Å². The van der Waals surface area contributed by atoms with Crippen molar-refractivity contribution in [1.82, 2.24) is 0 Å². The summed E-state index contributed by atoms with van der Waals surface area (Å²) in [7, 11) is 0. The van der Waals surface area contributed by atoms with Gasteiger partial charge in [0.15, 0.2) is 0 Å². The number of piperidine rings is 1. The minimum absolute atomic E-state index is 0.199. The molecule has 0 bridgehead atoms. The van der Waals surface area contributed by atoms with Gasteiger partial charge in [0, 0.05) is 25.3 Å². The lowest BCUT2D eigenvalue weighted by atomic mass is 9.98. The highest BCUT2D eigenvalue weighted by Gasteiger charge is 2.18. The minimum atomic E-state index is -0.199. The van der Waals surface area contributed by atoms with Crippen LogP contribution in [0.4, 0.5) is 10.1 Å². The average Bonchev–Trinajstić information content (AvgIpc) is 2.30. The molecule has 1 aromatic rings. The number of hydrogen-bond donors (Lipinski definition) is 1. The van der Waals surface area contributed by atoms with Crippen molar-refractivity contribution in [2.75, 3.05) is 18.0 Å². The molecular weight excluding hydrogens is 203 g/mol. The van der Waals surface area contributed by atoms with Gasteiger partial charge in [-0.15, -0.1) is 0 Å². The quantitative estimate of drug-likeness (QED) is 0.833. The topological polar surface area (TPSA) is 29.3 Å². The van der Waals surface area contributed by atoms with E-state index in [0.29, 0.717) is 6.54 Å². The number of nitrogens with zero attached hydrogens (tertiary/aromatic N) is 1. The second kappa shape index (κ2) is 4.83. The first-order chi connectivity index (χ1) is 7.70. The Morgan fingerprint density at radius 3 is 2.69 bits per heavy atom. The lowest BCUT2D eigenvalue weighted by molar-refractivity contribution is 0.438. The van der Waals surface area contributed by atoms with Crippen molar-refractivity contribution in [1.29, 1.82) is 0 Å². The molecule has 0 aromatic heterocycles. The molecule has 0 amide bonds. The van der Waals surface area contributed by atoms with Crippen LogP contribution in [0, 0.1) is 11.7 Å². The van der Waals surface area contributed by atoms with Gasteiger partial charge >= 0.3 is 0 Å². The highest BCUT2D eigenvalue weighted by Crippen LogP contribution is 2.26. The molecule has 0 atom stereocenters. The highest BCUT2D eigenvalue weighted by molar-refractivity contribution is 5.54. The Bertz CT molecular complexity index is 357. The van der Waals surface area contributed by atoms with Crippen LogP contribution in [0.1, 0.15) is 25.3 Å². The molecule has 2 N–H and O–H groups in total. The molecule has 88 valence electrons. The van der Waals surface area contributed by atoms with E-state index in [4.69, 9.17) is 5.73 Å². The van der Waals surface area contributed by atoms with Gasteiger partial charge in [0.05, 0.1) is 0 Å². The summed E-state index contributed by atoms with van der Waals surface area (Å²) in [6.07, 6.45) is 2.42. The molecule has 0 spiro atoms. The third-order valence-electron chi connectivity index (χ3n) is 3.39. The molecule has 2 nitrogen and oxygen atoms in total. The Morgan fingerprint density at radius 1 is 1.38 bits per heavy atom. The number of halogens is 1. The van der Waals surface area contributed by atoms with Crippen molar-refractivity contribution in [3.05, 3.63) is 29.6 Å². The van der Waals surface area contributed by atoms with Gasteiger partial charge in [0.2, 0.25) is 0 Å². The van der Waals surface area contributed by atoms with Crippen molar-refractivity contribution in [2.24, 2.45) is 11.7 Å². The molecule has 16 heavy (non-hydrogen) atoms. The maximum absolute atomic E-state index is 13.1. The molecule has 1 saturated heterocycles. The summed E-state index contributed by atoms with van der Waals surface area (Å²) < 4.78 is 13.1. The van der Waals surface area contributed by atoms with Crippen molar-refractivity contribution in [2.45, 2.75) is 26.3 Å². The fourth-order valence-corrected chi connectivity index (χ4v) is 2.28. The monoisotopic (exact) mass is 222 g/mol. The summed E-state index contributed by atoms with van der Waals surface area (Å²) in [5.41, 5.74) is 7.68. The molecule has 2 rings (SSSR count). The fraction of sp³-hybridized carbons (Fsp3) is 0.538. The molecular formula is C13H19FN2. The van der Waals surface area contributed by atoms with E-state index in [1.54, 1.807) is 6.07 Å². The highest BCUT2D eigenvalue weighted by atomic mass is 19.1.